The number of hydrogen-bond donors (Lipinski definition) is 0. The van der Waals surface area contributed by atoms with Gasteiger partial charge in [0.2, 0.25) is 0 Å². The number of hydrazine groups is 1. The van der Waals surface area contributed by atoms with E-state index in [9.17, 15) is 9.59 Å². The summed E-state index contributed by atoms with van der Waals surface area (Å²) in [6.07, 6.45) is 4.70. The molecule has 0 bridgehead atoms. The Bertz CT molecular complexity index is 686. The van der Waals surface area contributed by atoms with Gasteiger partial charge in [0.15, 0.2) is 0 Å². The van der Waals surface area contributed by atoms with Crippen LogP contribution in [0.1, 0.15) is 25.8 Å². The van der Waals surface area contributed by atoms with Crippen LogP contribution in [0.2, 0.25) is 0 Å². The number of hydrogen-bond acceptors (Lipinski definition) is 5. The number of carbonyl (C=O) groups excluding carboxylic acids is 2. The highest BCUT2D eigenvalue weighted by Crippen LogP contribution is 2.29. The number of methoxy groups -OCH3 is 1. The van der Waals surface area contributed by atoms with Crippen LogP contribution in [0.25, 0.3) is 6.08 Å². The van der Waals surface area contributed by atoms with Crippen molar-refractivity contribution in [2.75, 3.05) is 20.3 Å². The quantitative estimate of drug-likeness (QED) is 0.707. The maximum absolute atomic E-state index is 12.5. The fourth-order valence-electron chi connectivity index (χ4n) is 2.89. The van der Waals surface area contributed by atoms with E-state index in [0.29, 0.717) is 6.42 Å². The Balaban J connectivity index is 2.28. The fraction of sp³-hybridized carbons (Fsp3) is 0.400. The monoisotopic (exact) mass is 374 g/mol. The minimum absolute atomic E-state index is 0.208. The van der Waals surface area contributed by atoms with Gasteiger partial charge < -0.3 is 14.2 Å². The van der Waals surface area contributed by atoms with Gasteiger partial charge in [0.1, 0.15) is 5.75 Å². The Hall–Kier alpha value is -2.96. The van der Waals surface area contributed by atoms with E-state index < -0.39 is 12.2 Å². The first kappa shape index (κ1) is 20.4. The Labute approximate surface area is 159 Å². The summed E-state index contributed by atoms with van der Waals surface area (Å²) >= 11 is 0. The molecule has 1 heterocycles. The number of ether oxygens (including phenoxy) is 3. The molecule has 1 fully saturated rings. The summed E-state index contributed by atoms with van der Waals surface area (Å²) in [4.78, 5) is 24.9. The van der Waals surface area contributed by atoms with Crippen molar-refractivity contribution in [3.05, 3.63) is 48.6 Å². The maximum atomic E-state index is 12.5. The number of rotatable bonds is 6. The number of nitrogens with zero attached hydrogens (tertiary/aromatic N) is 2. The van der Waals surface area contributed by atoms with Gasteiger partial charge in [-0.2, -0.15) is 0 Å². The molecular weight excluding hydrogens is 348 g/mol. The second-order valence-electron chi connectivity index (χ2n) is 5.83. The topological polar surface area (TPSA) is 68.3 Å². The van der Waals surface area contributed by atoms with E-state index in [2.05, 4.69) is 6.58 Å². The van der Waals surface area contributed by atoms with Gasteiger partial charge in [-0.1, -0.05) is 30.4 Å². The van der Waals surface area contributed by atoms with Gasteiger partial charge in [-0.3, -0.25) is 0 Å². The van der Waals surface area contributed by atoms with Gasteiger partial charge in [-0.05, 0) is 38.0 Å². The van der Waals surface area contributed by atoms with Gasteiger partial charge in [-0.25, -0.2) is 19.6 Å². The van der Waals surface area contributed by atoms with Crippen LogP contribution in [-0.4, -0.2) is 54.6 Å². The van der Waals surface area contributed by atoms with Crippen LogP contribution in [0, 0.1) is 0 Å². The summed E-state index contributed by atoms with van der Waals surface area (Å²) in [6.45, 7) is 7.63. The highest BCUT2D eigenvalue weighted by atomic mass is 16.6. The van der Waals surface area contributed by atoms with Gasteiger partial charge in [0.25, 0.3) is 0 Å². The highest BCUT2D eigenvalue weighted by molar-refractivity contribution is 5.76. The summed E-state index contributed by atoms with van der Waals surface area (Å²) in [5.41, 5.74) is 0.948. The van der Waals surface area contributed by atoms with Crippen molar-refractivity contribution in [1.82, 2.24) is 10.0 Å². The lowest BCUT2D eigenvalue weighted by Gasteiger charge is -2.31. The fourth-order valence-corrected chi connectivity index (χ4v) is 2.89. The molecule has 0 aromatic heterocycles. The second kappa shape index (κ2) is 9.66. The van der Waals surface area contributed by atoms with Crippen LogP contribution in [0.5, 0.6) is 5.75 Å². The van der Waals surface area contributed by atoms with Crippen molar-refractivity contribution in [3.63, 3.8) is 0 Å². The smallest absolute Gasteiger partial charge is 0.429 e. The molecule has 0 saturated carbocycles. The van der Waals surface area contributed by atoms with Gasteiger partial charge in [-0.15, -0.1) is 6.58 Å². The Morgan fingerprint density at radius 3 is 2.11 bits per heavy atom. The molecule has 0 N–H and O–H groups in total. The number of amides is 2. The average Bonchev–Trinajstić information content (AvgIpc) is 3.06. The standard InChI is InChI=1S/C20H26N2O5/c1-5-16-14-17(11-8-15-9-12-18(25-4)13-10-15)22(20(24)27-7-3)21(16)19(23)26-6-2/h5,8-13,16-17H,1,6-7,14H2,2-4H3/b11-8-/t16-,17+/m1/s1. The molecule has 0 unspecified atom stereocenters. The van der Waals surface area contributed by atoms with Crippen LogP contribution in [-0.2, 0) is 9.47 Å². The lowest BCUT2D eigenvalue weighted by molar-refractivity contribution is -0.00888. The zero-order valence-corrected chi connectivity index (χ0v) is 16.0. The molecule has 1 aromatic rings. The molecule has 7 nitrogen and oxygen atoms in total. The lowest BCUT2D eigenvalue weighted by atomic mass is 10.1. The molecular formula is C20H26N2O5. The van der Waals surface area contributed by atoms with Gasteiger partial charge >= 0.3 is 12.2 Å². The predicted molar refractivity (Wildman–Crippen MR) is 102 cm³/mol. The summed E-state index contributed by atoms with van der Waals surface area (Å²) in [7, 11) is 1.61. The van der Waals surface area contributed by atoms with Crippen LogP contribution in [0.15, 0.2) is 43.0 Å². The van der Waals surface area contributed by atoms with Crippen molar-refractivity contribution in [1.29, 1.82) is 0 Å². The summed E-state index contributed by atoms with van der Waals surface area (Å²) < 4.78 is 15.4. The third kappa shape index (κ3) is 4.81. The minimum atomic E-state index is -0.601. The lowest BCUT2D eigenvalue weighted by Crippen LogP contribution is -2.50. The highest BCUT2D eigenvalue weighted by Gasteiger charge is 2.44. The third-order valence-corrected chi connectivity index (χ3v) is 4.15. The third-order valence-electron chi connectivity index (χ3n) is 4.15. The zero-order valence-electron chi connectivity index (χ0n) is 16.0. The van der Waals surface area contributed by atoms with E-state index in [4.69, 9.17) is 14.2 Å². The van der Waals surface area contributed by atoms with Crippen LogP contribution >= 0.6 is 0 Å². The van der Waals surface area contributed by atoms with Crippen molar-refractivity contribution in [3.8, 4) is 5.75 Å². The molecule has 27 heavy (non-hydrogen) atoms. The molecule has 1 aromatic carbocycles. The summed E-state index contributed by atoms with van der Waals surface area (Å²) in [6, 6.07) is 6.81. The maximum Gasteiger partial charge on any atom is 0.429 e. The van der Waals surface area contributed by atoms with Gasteiger partial charge in [0.05, 0.1) is 32.4 Å². The van der Waals surface area contributed by atoms with Crippen molar-refractivity contribution >= 4 is 18.3 Å². The van der Waals surface area contributed by atoms with Crippen molar-refractivity contribution < 1.29 is 23.8 Å². The molecule has 146 valence electrons. The Morgan fingerprint density at radius 1 is 1.07 bits per heavy atom. The molecule has 2 atom stereocenters. The van der Waals surface area contributed by atoms with E-state index in [0.717, 1.165) is 11.3 Å². The molecule has 2 amide bonds. The van der Waals surface area contributed by atoms with Crippen LogP contribution < -0.4 is 4.74 Å². The van der Waals surface area contributed by atoms with Crippen molar-refractivity contribution in [2.24, 2.45) is 0 Å². The molecule has 0 radical (unpaired) electrons. The predicted octanol–water partition coefficient (Wildman–Crippen LogP) is 3.87. The Morgan fingerprint density at radius 2 is 1.63 bits per heavy atom. The first-order chi connectivity index (χ1) is 13.0. The SMILES string of the molecule is C=C[C@@H]1C[C@H](/C=C\c2ccc(OC)cc2)N(C(=O)OCC)N1C(=O)OCC. The molecule has 1 aliphatic heterocycles. The molecule has 2 rings (SSSR count). The first-order valence-electron chi connectivity index (χ1n) is 8.92. The van der Waals surface area contributed by atoms with Gasteiger partial charge in [0, 0.05) is 0 Å². The van der Waals surface area contributed by atoms with E-state index in [1.807, 2.05) is 36.4 Å². The second-order valence-corrected chi connectivity index (χ2v) is 5.83. The summed E-state index contributed by atoms with van der Waals surface area (Å²) in [5.74, 6) is 0.765. The number of carbonyl (C=O) groups is 2. The Kier molecular flexibility index (Phi) is 7.28. The minimum Gasteiger partial charge on any atom is -0.497 e. The van der Waals surface area contributed by atoms with E-state index in [1.165, 1.54) is 10.0 Å². The van der Waals surface area contributed by atoms with Crippen molar-refractivity contribution in [2.45, 2.75) is 32.4 Å². The van der Waals surface area contributed by atoms with E-state index in [-0.39, 0.29) is 25.3 Å². The van der Waals surface area contributed by atoms with Crippen LogP contribution in [0.4, 0.5) is 9.59 Å². The normalized spacial score (nSPS) is 19.2. The molecule has 0 aliphatic carbocycles. The average molecular weight is 374 g/mol. The zero-order chi connectivity index (χ0) is 19.8. The molecule has 7 heteroatoms. The van der Waals surface area contributed by atoms with E-state index in [1.54, 1.807) is 27.0 Å². The largest absolute Gasteiger partial charge is 0.497 e. The molecule has 1 aliphatic rings. The summed E-state index contributed by atoms with van der Waals surface area (Å²) in [5, 5.41) is 2.57. The molecule has 0 spiro atoms. The van der Waals surface area contributed by atoms with Crippen LogP contribution in [0.3, 0.4) is 0 Å². The number of benzene rings is 1. The van der Waals surface area contributed by atoms with E-state index >= 15 is 0 Å². The molecule has 1 saturated heterocycles. The first-order valence-corrected chi connectivity index (χ1v) is 8.92.